The summed E-state index contributed by atoms with van der Waals surface area (Å²) in [6.45, 7) is 2.28. The van der Waals surface area contributed by atoms with E-state index >= 15 is 0 Å². The van der Waals surface area contributed by atoms with Gasteiger partial charge in [0, 0.05) is 44.1 Å². The largest absolute Gasteiger partial charge is 0.379 e. The number of likely N-dealkylation sites (N-methyl/N-ethyl adjacent to an activating group) is 1. The summed E-state index contributed by atoms with van der Waals surface area (Å²) in [6, 6.07) is 0.649. The molecule has 8 nitrogen and oxygen atoms in total. The molecular weight excluding hydrogens is 455 g/mol. The van der Waals surface area contributed by atoms with Gasteiger partial charge in [0.2, 0.25) is 5.43 Å². The Morgan fingerprint density at radius 2 is 1.88 bits per heavy atom. The molecule has 34 heavy (non-hydrogen) atoms. The summed E-state index contributed by atoms with van der Waals surface area (Å²) in [4.78, 5) is 41.2. The van der Waals surface area contributed by atoms with Crippen molar-refractivity contribution in [3.05, 3.63) is 68.4 Å². The highest BCUT2D eigenvalue weighted by Gasteiger charge is 2.51. The number of halogens is 3. The molecule has 1 unspecified atom stereocenters. The van der Waals surface area contributed by atoms with Crippen LogP contribution in [0, 0.1) is 17.5 Å². The summed E-state index contributed by atoms with van der Waals surface area (Å²) in [5.74, 6) is -4.63. The van der Waals surface area contributed by atoms with Crippen LogP contribution in [0.25, 0.3) is 0 Å². The second-order valence-corrected chi connectivity index (χ2v) is 8.96. The number of amides is 2. The quantitative estimate of drug-likeness (QED) is 0.681. The molecule has 1 N–H and O–H groups in total. The minimum absolute atomic E-state index is 0.0799. The lowest BCUT2D eigenvalue weighted by molar-refractivity contribution is -0.0526. The average Bonchev–Trinajstić information content (AvgIpc) is 3.61. The van der Waals surface area contributed by atoms with Crippen LogP contribution < -0.4 is 10.7 Å². The lowest BCUT2D eigenvalue weighted by Crippen LogP contribution is -2.61. The maximum atomic E-state index is 14.0. The summed E-state index contributed by atoms with van der Waals surface area (Å²) >= 11 is 0. The van der Waals surface area contributed by atoms with Crippen LogP contribution in [0.3, 0.4) is 0 Å². The lowest BCUT2D eigenvalue weighted by Gasteiger charge is -2.52. The van der Waals surface area contributed by atoms with Gasteiger partial charge in [-0.05, 0) is 13.3 Å². The number of epoxide rings is 1. The maximum Gasteiger partial charge on any atom is 0.271 e. The van der Waals surface area contributed by atoms with E-state index in [9.17, 15) is 27.6 Å². The molecule has 3 aliphatic rings. The van der Waals surface area contributed by atoms with Gasteiger partial charge in [0.15, 0.2) is 0 Å². The van der Waals surface area contributed by atoms with Crippen LogP contribution >= 0.6 is 0 Å². The summed E-state index contributed by atoms with van der Waals surface area (Å²) < 4.78 is 53.7. The zero-order chi connectivity index (χ0) is 24.4. The molecule has 2 saturated heterocycles. The molecule has 180 valence electrons. The third-order valence-corrected chi connectivity index (χ3v) is 7.06. The maximum absolute atomic E-state index is 14.0. The van der Waals surface area contributed by atoms with Gasteiger partial charge in [0.25, 0.3) is 11.8 Å². The van der Waals surface area contributed by atoms with E-state index in [1.807, 2.05) is 6.92 Å². The van der Waals surface area contributed by atoms with Crippen molar-refractivity contribution >= 4 is 11.8 Å². The van der Waals surface area contributed by atoms with Gasteiger partial charge in [0.05, 0.1) is 30.4 Å². The Kier molecular flexibility index (Phi) is 5.28. The number of fused-ring (bicyclic) bond motifs is 3. The molecule has 2 amide bonds. The van der Waals surface area contributed by atoms with E-state index in [0.717, 1.165) is 0 Å². The molecule has 2 aromatic rings. The van der Waals surface area contributed by atoms with Crippen LogP contribution in [-0.2, 0) is 16.0 Å². The highest BCUT2D eigenvalue weighted by molar-refractivity contribution is 5.98. The Labute approximate surface area is 192 Å². The predicted octanol–water partition coefficient (Wildman–Crippen LogP) is 2.07. The average molecular weight is 477 g/mol. The van der Waals surface area contributed by atoms with E-state index in [1.165, 1.54) is 6.20 Å². The second-order valence-electron chi connectivity index (χ2n) is 8.96. The van der Waals surface area contributed by atoms with Crippen molar-refractivity contribution in [2.75, 3.05) is 26.9 Å². The Bertz CT molecular complexity index is 1250. The SMILES string of the molecule is CN1C(=O)c2c(C3CO3)c(=O)c(C(=O)NCc3c(F)cc(F)cc3F)cn2[C@H]2COCC[C@]21C. The Balaban J connectivity index is 1.57. The Morgan fingerprint density at radius 1 is 1.21 bits per heavy atom. The van der Waals surface area contributed by atoms with Crippen LogP contribution in [-0.4, -0.2) is 53.7 Å². The predicted molar refractivity (Wildman–Crippen MR) is 112 cm³/mol. The molecule has 0 spiro atoms. The molecule has 11 heteroatoms. The highest BCUT2D eigenvalue weighted by Crippen LogP contribution is 2.43. The number of benzene rings is 1. The first-order valence-electron chi connectivity index (χ1n) is 10.8. The van der Waals surface area contributed by atoms with E-state index in [-0.39, 0.29) is 42.0 Å². The first kappa shape index (κ1) is 22.6. The van der Waals surface area contributed by atoms with Crippen molar-refractivity contribution in [1.29, 1.82) is 0 Å². The van der Waals surface area contributed by atoms with Crippen LogP contribution in [0.2, 0.25) is 0 Å². The van der Waals surface area contributed by atoms with Gasteiger partial charge in [-0.3, -0.25) is 14.4 Å². The number of ether oxygens (including phenoxy) is 2. The molecule has 1 aromatic heterocycles. The fourth-order valence-electron chi connectivity index (χ4n) is 4.79. The molecule has 0 saturated carbocycles. The summed E-state index contributed by atoms with van der Waals surface area (Å²) in [5.41, 5.74) is -1.89. The summed E-state index contributed by atoms with van der Waals surface area (Å²) in [5, 5.41) is 2.33. The number of rotatable bonds is 4. The molecule has 2 fully saturated rings. The summed E-state index contributed by atoms with van der Waals surface area (Å²) in [7, 11) is 1.68. The standard InChI is InChI=1S/C23H22F3N3O5/c1-23-3-4-33-10-17(23)29-8-13(20(30)18(16-9-34-16)19(29)22(32)28(23)2)21(31)27-7-12-14(25)5-11(24)6-15(12)26/h5-6,8,16-17H,3-4,7,9-10H2,1-2H3,(H,27,31)/t16?,17-,23+/m0/s1. The molecule has 0 radical (unpaired) electrons. The minimum atomic E-state index is -1.16. The molecule has 5 rings (SSSR count). The molecule has 1 aromatic carbocycles. The van der Waals surface area contributed by atoms with Gasteiger partial charge >= 0.3 is 0 Å². The van der Waals surface area contributed by atoms with Gasteiger partial charge < -0.3 is 24.3 Å². The number of nitrogens with one attached hydrogen (secondary N) is 1. The monoisotopic (exact) mass is 477 g/mol. The number of aromatic nitrogens is 1. The van der Waals surface area contributed by atoms with E-state index in [1.54, 1.807) is 16.5 Å². The number of carbonyl (C=O) groups excluding carboxylic acids is 2. The number of hydrogen-bond acceptors (Lipinski definition) is 5. The number of nitrogens with zero attached hydrogens (tertiary/aromatic N) is 2. The highest BCUT2D eigenvalue weighted by atomic mass is 19.1. The molecule has 4 heterocycles. The lowest BCUT2D eigenvalue weighted by atomic mass is 9.82. The zero-order valence-corrected chi connectivity index (χ0v) is 18.5. The third kappa shape index (κ3) is 3.41. The normalized spacial score (nSPS) is 25.6. The Hall–Kier alpha value is -3.18. The molecule has 3 atom stereocenters. The van der Waals surface area contributed by atoms with Gasteiger partial charge in [-0.25, -0.2) is 13.2 Å². The van der Waals surface area contributed by atoms with Crippen molar-refractivity contribution in [3.63, 3.8) is 0 Å². The van der Waals surface area contributed by atoms with Gasteiger partial charge in [-0.15, -0.1) is 0 Å². The number of pyridine rings is 1. The van der Waals surface area contributed by atoms with E-state index < -0.39 is 52.5 Å². The first-order chi connectivity index (χ1) is 16.1. The number of hydrogen-bond donors (Lipinski definition) is 1. The molecule has 3 aliphatic heterocycles. The van der Waals surface area contributed by atoms with Crippen molar-refractivity contribution in [2.45, 2.75) is 37.6 Å². The molecule has 0 aliphatic carbocycles. The Morgan fingerprint density at radius 3 is 2.53 bits per heavy atom. The third-order valence-electron chi connectivity index (χ3n) is 7.06. The van der Waals surface area contributed by atoms with Crippen LogP contribution in [0.4, 0.5) is 13.2 Å². The number of carbonyl (C=O) groups is 2. The second kappa shape index (κ2) is 7.95. The van der Waals surface area contributed by atoms with Crippen molar-refractivity contribution in [3.8, 4) is 0 Å². The zero-order valence-electron chi connectivity index (χ0n) is 18.5. The van der Waals surface area contributed by atoms with E-state index in [0.29, 0.717) is 25.2 Å². The van der Waals surface area contributed by atoms with Gasteiger partial charge in [-0.1, -0.05) is 0 Å². The topological polar surface area (TPSA) is 93.2 Å². The van der Waals surface area contributed by atoms with E-state index in [2.05, 4.69) is 5.32 Å². The van der Waals surface area contributed by atoms with E-state index in [4.69, 9.17) is 9.47 Å². The van der Waals surface area contributed by atoms with Crippen LogP contribution in [0.1, 0.15) is 57.5 Å². The minimum Gasteiger partial charge on any atom is -0.379 e. The van der Waals surface area contributed by atoms with Gasteiger partial charge in [-0.2, -0.15) is 0 Å². The van der Waals surface area contributed by atoms with Crippen LogP contribution in [0.15, 0.2) is 23.1 Å². The smallest absolute Gasteiger partial charge is 0.271 e. The summed E-state index contributed by atoms with van der Waals surface area (Å²) in [6.07, 6.45) is 1.24. The van der Waals surface area contributed by atoms with Gasteiger partial charge in [0.1, 0.15) is 34.8 Å². The van der Waals surface area contributed by atoms with Crippen LogP contribution in [0.5, 0.6) is 0 Å². The van der Waals surface area contributed by atoms with Crippen molar-refractivity contribution in [2.24, 2.45) is 0 Å². The van der Waals surface area contributed by atoms with Crippen molar-refractivity contribution < 1.29 is 32.2 Å². The molecule has 0 bridgehead atoms. The first-order valence-corrected chi connectivity index (χ1v) is 10.8. The van der Waals surface area contributed by atoms with Crippen molar-refractivity contribution in [1.82, 2.24) is 14.8 Å². The molecular formula is C23H22F3N3O5. The fraction of sp³-hybridized carbons (Fsp3) is 0.435. The fourth-order valence-corrected chi connectivity index (χ4v) is 4.79.